The summed E-state index contributed by atoms with van der Waals surface area (Å²) in [5.74, 6) is 2.85. The van der Waals surface area contributed by atoms with E-state index >= 15 is 0 Å². The van der Waals surface area contributed by atoms with Crippen LogP contribution in [-0.4, -0.2) is 35.0 Å². The van der Waals surface area contributed by atoms with Crippen molar-refractivity contribution in [1.29, 1.82) is 0 Å². The minimum absolute atomic E-state index is 0.000717. The zero-order chi connectivity index (χ0) is 21.5. The molecule has 1 aromatic carbocycles. The smallest absolute Gasteiger partial charge is 0.437 e. The molecule has 4 aromatic rings. The molecule has 1 aliphatic rings. The van der Waals surface area contributed by atoms with Gasteiger partial charge in [-0.3, -0.25) is 9.36 Å². The van der Waals surface area contributed by atoms with E-state index in [4.69, 9.17) is 15.6 Å². The first-order valence-electron chi connectivity index (χ1n) is 9.70. The summed E-state index contributed by atoms with van der Waals surface area (Å²) in [5.41, 5.74) is 1.20. The van der Waals surface area contributed by atoms with Gasteiger partial charge in [0.15, 0.2) is 11.2 Å². The maximum absolute atomic E-state index is 12.6. The Kier molecular flexibility index (Phi) is 4.43. The molecule has 0 aliphatic heterocycles. The fourth-order valence-electron chi connectivity index (χ4n) is 3.64. The molecular weight excluding hydrogens is 400 g/mol. The maximum Gasteiger partial charge on any atom is 0.437 e. The predicted octanol–water partition coefficient (Wildman–Crippen LogP) is 1.09. The summed E-state index contributed by atoms with van der Waals surface area (Å²) in [4.78, 5) is 33.1. The van der Waals surface area contributed by atoms with Gasteiger partial charge in [0.05, 0.1) is 12.4 Å². The molecule has 0 saturated heterocycles. The van der Waals surface area contributed by atoms with Gasteiger partial charge in [-0.05, 0) is 18.2 Å². The molecule has 0 spiro atoms. The van der Waals surface area contributed by atoms with Crippen LogP contribution in [0.3, 0.4) is 0 Å². The average Bonchev–Trinajstić information content (AvgIpc) is 3.29. The van der Waals surface area contributed by atoms with Crippen LogP contribution < -0.4 is 16.1 Å². The van der Waals surface area contributed by atoms with E-state index in [1.165, 1.54) is 21.9 Å². The number of fused-ring (bicyclic) bond motifs is 1. The van der Waals surface area contributed by atoms with Crippen molar-refractivity contribution >= 4 is 11.2 Å². The summed E-state index contributed by atoms with van der Waals surface area (Å²) in [7, 11) is 1.72. The van der Waals surface area contributed by atoms with Crippen LogP contribution in [0.1, 0.15) is 30.3 Å². The van der Waals surface area contributed by atoms with Crippen LogP contribution >= 0.6 is 0 Å². The fraction of sp³-hybridized carbons (Fsp3) is 0.286. The number of benzene rings is 1. The molecule has 10 heteroatoms. The quantitative estimate of drug-likeness (QED) is 0.446. The lowest BCUT2D eigenvalue weighted by Gasteiger charge is -2.34. The van der Waals surface area contributed by atoms with Gasteiger partial charge < -0.3 is 13.7 Å². The number of aromatic nitrogens is 6. The molecule has 0 amide bonds. The largest absolute Gasteiger partial charge is 0.490 e. The Hall–Kier alpha value is -4.13. The molecule has 3 aromatic heterocycles. The summed E-state index contributed by atoms with van der Waals surface area (Å²) in [6.45, 7) is 0.000717. The topological polar surface area (TPSA) is 110 Å². The zero-order valence-corrected chi connectivity index (χ0v) is 16.6. The van der Waals surface area contributed by atoms with Crippen LogP contribution in [0.5, 0.6) is 5.75 Å². The summed E-state index contributed by atoms with van der Waals surface area (Å²) in [5, 5.41) is 4.27. The van der Waals surface area contributed by atoms with Gasteiger partial charge in [-0.15, -0.1) is 11.5 Å². The third kappa shape index (κ3) is 3.40. The molecule has 0 atom stereocenters. The lowest BCUT2D eigenvalue weighted by Crippen LogP contribution is -2.39. The minimum atomic E-state index is -0.560. The van der Waals surface area contributed by atoms with Crippen molar-refractivity contribution in [2.45, 2.75) is 31.5 Å². The second-order valence-corrected chi connectivity index (χ2v) is 7.45. The summed E-state index contributed by atoms with van der Waals surface area (Å²) in [6, 6.07) is 7.20. The number of hydrogen-bond donors (Lipinski definition) is 0. The highest BCUT2D eigenvalue weighted by Gasteiger charge is 2.35. The van der Waals surface area contributed by atoms with Gasteiger partial charge in [0, 0.05) is 25.5 Å². The molecule has 1 saturated carbocycles. The van der Waals surface area contributed by atoms with Crippen molar-refractivity contribution in [3.8, 4) is 18.1 Å². The molecule has 0 N–H and O–H groups in total. The van der Waals surface area contributed by atoms with Crippen LogP contribution in [0.25, 0.3) is 11.2 Å². The van der Waals surface area contributed by atoms with Crippen molar-refractivity contribution in [2.24, 2.45) is 7.05 Å². The first kappa shape index (κ1) is 18.9. The second-order valence-electron chi connectivity index (χ2n) is 7.45. The van der Waals surface area contributed by atoms with E-state index in [0.717, 1.165) is 5.56 Å². The Morgan fingerprint density at radius 3 is 2.87 bits per heavy atom. The first-order valence-corrected chi connectivity index (χ1v) is 9.70. The third-order valence-corrected chi connectivity index (χ3v) is 5.34. The van der Waals surface area contributed by atoms with Gasteiger partial charge in [0.1, 0.15) is 24.7 Å². The number of terminal acetylenes is 1. The predicted molar refractivity (Wildman–Crippen MR) is 110 cm³/mol. The van der Waals surface area contributed by atoms with Gasteiger partial charge in [-0.1, -0.05) is 12.0 Å². The van der Waals surface area contributed by atoms with E-state index in [-0.39, 0.29) is 30.1 Å². The molecule has 5 rings (SSSR count). The van der Waals surface area contributed by atoms with E-state index in [2.05, 4.69) is 21.0 Å². The minimum Gasteiger partial charge on any atom is -0.490 e. The molecule has 3 heterocycles. The van der Waals surface area contributed by atoms with Gasteiger partial charge in [0.25, 0.3) is 5.56 Å². The summed E-state index contributed by atoms with van der Waals surface area (Å²) >= 11 is 0. The van der Waals surface area contributed by atoms with Crippen LogP contribution in [0, 0.1) is 12.3 Å². The normalized spacial score (nSPS) is 17.9. The number of ether oxygens (including phenoxy) is 1. The number of rotatable bonds is 5. The van der Waals surface area contributed by atoms with Crippen LogP contribution in [0.15, 0.2) is 50.9 Å². The lowest BCUT2D eigenvalue weighted by atomic mass is 9.89. The highest BCUT2D eigenvalue weighted by atomic mass is 16.5. The highest BCUT2D eigenvalue weighted by molar-refractivity contribution is 5.68. The van der Waals surface area contributed by atoms with Crippen molar-refractivity contribution in [3.05, 3.63) is 69.3 Å². The number of nitrogens with zero attached hydrogens (tertiary/aromatic N) is 6. The molecule has 1 aliphatic carbocycles. The molecule has 31 heavy (non-hydrogen) atoms. The Balaban J connectivity index is 1.28. The van der Waals surface area contributed by atoms with Crippen molar-refractivity contribution in [1.82, 2.24) is 28.9 Å². The Labute approximate surface area is 175 Å². The molecule has 0 bridgehead atoms. The van der Waals surface area contributed by atoms with E-state index < -0.39 is 5.76 Å². The molecule has 10 nitrogen and oxygen atoms in total. The van der Waals surface area contributed by atoms with E-state index in [1.807, 2.05) is 18.2 Å². The lowest BCUT2D eigenvalue weighted by molar-refractivity contribution is 0.0616. The summed E-state index contributed by atoms with van der Waals surface area (Å²) < 4.78 is 15.4. The Morgan fingerprint density at radius 2 is 2.06 bits per heavy atom. The fourth-order valence-corrected chi connectivity index (χ4v) is 3.64. The first-order chi connectivity index (χ1) is 15.0. The molecular formula is C21H18N6O4. The molecule has 1 fully saturated rings. The van der Waals surface area contributed by atoms with Gasteiger partial charge >= 0.3 is 5.76 Å². The molecule has 156 valence electrons. The van der Waals surface area contributed by atoms with E-state index in [1.54, 1.807) is 17.7 Å². The van der Waals surface area contributed by atoms with Gasteiger partial charge in [0.2, 0.25) is 5.89 Å². The SMILES string of the molecule is C#Cc1cccc(OC2CC(n3nc(Cn4cnc5ncn(C)c5c4=O)oc3=O)C2)c1. The monoisotopic (exact) mass is 418 g/mol. The van der Waals surface area contributed by atoms with Crippen LogP contribution in [0.4, 0.5) is 0 Å². The van der Waals surface area contributed by atoms with Gasteiger partial charge in [-0.25, -0.2) is 14.8 Å². The molecule has 0 unspecified atom stereocenters. The van der Waals surface area contributed by atoms with Crippen molar-refractivity contribution in [2.75, 3.05) is 0 Å². The Bertz CT molecular complexity index is 1430. The average molecular weight is 418 g/mol. The van der Waals surface area contributed by atoms with Crippen LogP contribution in [-0.2, 0) is 13.6 Å². The highest BCUT2D eigenvalue weighted by Crippen LogP contribution is 2.34. The van der Waals surface area contributed by atoms with Crippen molar-refractivity contribution in [3.63, 3.8) is 0 Å². The van der Waals surface area contributed by atoms with E-state index in [9.17, 15) is 9.59 Å². The molecule has 0 radical (unpaired) electrons. The zero-order valence-electron chi connectivity index (χ0n) is 16.6. The Morgan fingerprint density at radius 1 is 1.26 bits per heavy atom. The maximum atomic E-state index is 12.6. The second kappa shape index (κ2) is 7.28. The number of imidazole rings is 1. The number of hydrogen-bond acceptors (Lipinski definition) is 7. The van der Waals surface area contributed by atoms with Crippen LogP contribution in [0.2, 0.25) is 0 Å². The summed E-state index contributed by atoms with van der Waals surface area (Å²) in [6.07, 6.45) is 9.51. The standard InChI is InChI=1S/C21H18N6O4/c1-3-13-5-4-6-15(7-13)30-16-8-14(9-16)27-21(29)31-17(24-27)10-26-12-23-19-18(20(26)28)25(2)11-22-19/h1,4-7,11-12,14,16H,8-10H2,2H3. The van der Waals surface area contributed by atoms with Crippen molar-refractivity contribution < 1.29 is 9.15 Å². The van der Waals surface area contributed by atoms with E-state index in [0.29, 0.717) is 29.8 Å². The number of aryl methyl sites for hydroxylation is 1. The third-order valence-electron chi connectivity index (χ3n) is 5.34. The van der Waals surface area contributed by atoms with Gasteiger partial charge in [-0.2, -0.15) is 4.68 Å².